The molecule has 0 fully saturated rings. The first-order chi connectivity index (χ1) is 15.5. The molecule has 34 heavy (non-hydrogen) atoms. The van der Waals surface area contributed by atoms with Gasteiger partial charge in [-0.3, -0.25) is 9.59 Å². The van der Waals surface area contributed by atoms with E-state index in [1.54, 1.807) is 64.2 Å². The van der Waals surface area contributed by atoms with Crippen LogP contribution in [0.5, 0.6) is 0 Å². The Morgan fingerprint density at radius 3 is 1.06 bits per heavy atom. The molecule has 0 aromatic rings. The maximum absolute atomic E-state index is 12.7. The Hall–Kier alpha value is -2.62. The van der Waals surface area contributed by atoms with Crippen LogP contribution in [0, 0.1) is 22.7 Å². The summed E-state index contributed by atoms with van der Waals surface area (Å²) >= 11 is 0. The summed E-state index contributed by atoms with van der Waals surface area (Å²) in [6.45, 7) is 30.5. The summed E-state index contributed by atoms with van der Waals surface area (Å²) < 4.78 is 10.9. The molecule has 194 valence electrons. The van der Waals surface area contributed by atoms with Crippen molar-refractivity contribution >= 4 is 11.9 Å². The van der Waals surface area contributed by atoms with E-state index in [0.717, 1.165) is 11.8 Å². The molecule has 0 aromatic heterocycles. The number of allylic oxidation sites excluding steroid dienone is 8. The van der Waals surface area contributed by atoms with Gasteiger partial charge >= 0.3 is 11.9 Å². The highest BCUT2D eigenvalue weighted by molar-refractivity contribution is 5.88. The van der Waals surface area contributed by atoms with Crippen LogP contribution in [0.4, 0.5) is 0 Å². The van der Waals surface area contributed by atoms with Crippen molar-refractivity contribution in [2.24, 2.45) is 22.7 Å². The summed E-state index contributed by atoms with van der Waals surface area (Å²) in [6, 6.07) is 0. The highest BCUT2D eigenvalue weighted by Gasteiger charge is 2.51. The molecule has 0 radical (unpaired) electrons. The molecule has 0 spiro atoms. The van der Waals surface area contributed by atoms with Gasteiger partial charge in [-0.2, -0.15) is 0 Å². The number of ether oxygens (including phenoxy) is 2. The second kappa shape index (κ2) is 18.8. The van der Waals surface area contributed by atoms with Crippen LogP contribution in [-0.4, -0.2) is 11.9 Å². The Kier molecular flexibility index (Phi) is 19.8. The van der Waals surface area contributed by atoms with Crippen LogP contribution in [0.15, 0.2) is 73.3 Å². The number of carbonyl (C=O) groups is 2. The summed E-state index contributed by atoms with van der Waals surface area (Å²) in [6.07, 6.45) is 13.0. The summed E-state index contributed by atoms with van der Waals surface area (Å²) in [5.41, 5.74) is -2.28. The SMILES string of the molecule is C=C/C=C(\C=C/C)OC(=O)C(C)(C)C(C)(C)C(=O)OC(/C=C\C)=C/C=C.CC(C)C.CC(C)C. The van der Waals surface area contributed by atoms with Crippen molar-refractivity contribution in [2.45, 2.75) is 83.1 Å². The minimum Gasteiger partial charge on any atom is -0.426 e. The van der Waals surface area contributed by atoms with Crippen molar-refractivity contribution in [3.63, 3.8) is 0 Å². The standard InChI is InChI=1S/C22H30O4.2C4H10/c1-9-13-17(14-10-2)25-19(23)21(5,6)22(7,8)20(24)26-18(15-11-3)16-12-4;2*1-4(2)3/h9-16H,1,3H2,2,4-8H3;2*4H,1-3H3/b14-10-,16-12-,17-13+,18-15+;;. The number of rotatable bonds is 9. The molecule has 0 heterocycles. The molecule has 0 saturated heterocycles. The van der Waals surface area contributed by atoms with Gasteiger partial charge in [-0.15, -0.1) is 0 Å². The van der Waals surface area contributed by atoms with Gasteiger partial charge in [0, 0.05) is 0 Å². The van der Waals surface area contributed by atoms with E-state index in [1.165, 1.54) is 12.2 Å². The van der Waals surface area contributed by atoms with Crippen LogP contribution >= 0.6 is 0 Å². The Labute approximate surface area is 210 Å². The zero-order valence-electron chi connectivity index (χ0n) is 23.8. The highest BCUT2D eigenvalue weighted by Crippen LogP contribution is 2.41. The number of hydrogen-bond acceptors (Lipinski definition) is 4. The minimum absolute atomic E-state index is 0.353. The summed E-state index contributed by atoms with van der Waals surface area (Å²) in [5.74, 6) is 1.30. The molecule has 0 aliphatic heterocycles. The second-order valence-electron chi connectivity index (χ2n) is 10.1. The molecule has 0 bridgehead atoms. The maximum Gasteiger partial charge on any atom is 0.318 e. The zero-order chi connectivity index (χ0) is 27.5. The smallest absolute Gasteiger partial charge is 0.318 e. The van der Waals surface area contributed by atoms with Crippen molar-refractivity contribution < 1.29 is 19.1 Å². The fraction of sp³-hybridized carbons (Fsp3) is 0.533. The summed E-state index contributed by atoms with van der Waals surface area (Å²) in [4.78, 5) is 25.5. The van der Waals surface area contributed by atoms with E-state index in [4.69, 9.17) is 9.47 Å². The molecule has 4 nitrogen and oxygen atoms in total. The summed E-state index contributed by atoms with van der Waals surface area (Å²) in [5, 5.41) is 0. The Morgan fingerprint density at radius 1 is 0.647 bits per heavy atom. The maximum atomic E-state index is 12.7. The molecule has 0 unspecified atom stereocenters. The molecule has 0 aliphatic carbocycles. The first kappa shape index (κ1) is 36.0. The zero-order valence-corrected chi connectivity index (χ0v) is 23.8. The van der Waals surface area contributed by atoms with Crippen LogP contribution in [0.1, 0.15) is 83.1 Å². The number of esters is 2. The summed E-state index contributed by atoms with van der Waals surface area (Å²) in [7, 11) is 0. The molecule has 4 heteroatoms. The van der Waals surface area contributed by atoms with E-state index in [1.807, 2.05) is 13.8 Å². The number of carbonyl (C=O) groups excluding carboxylic acids is 2. The van der Waals surface area contributed by atoms with Crippen molar-refractivity contribution in [1.29, 1.82) is 0 Å². The third-order valence-corrected chi connectivity index (χ3v) is 4.23. The number of hydrogen-bond donors (Lipinski definition) is 0. The van der Waals surface area contributed by atoms with E-state index in [-0.39, 0.29) is 0 Å². The van der Waals surface area contributed by atoms with Gasteiger partial charge in [0.05, 0.1) is 10.8 Å². The lowest BCUT2D eigenvalue weighted by atomic mass is 9.68. The van der Waals surface area contributed by atoms with Gasteiger partial charge in [0.25, 0.3) is 0 Å². The van der Waals surface area contributed by atoms with Gasteiger partial charge in [-0.25, -0.2) is 0 Å². The van der Waals surface area contributed by atoms with Gasteiger partial charge in [0.1, 0.15) is 11.5 Å². The third kappa shape index (κ3) is 16.1. The van der Waals surface area contributed by atoms with Gasteiger partial charge in [-0.1, -0.05) is 79.0 Å². The molecule has 0 amide bonds. The van der Waals surface area contributed by atoms with Gasteiger partial charge < -0.3 is 9.47 Å². The minimum atomic E-state index is -1.14. The Balaban J connectivity index is -0.00000103. The van der Waals surface area contributed by atoms with Gasteiger partial charge in [0.2, 0.25) is 0 Å². The molecule has 0 aliphatic rings. The molecular formula is C30H50O4. The monoisotopic (exact) mass is 474 g/mol. The lowest BCUT2D eigenvalue weighted by molar-refractivity contribution is -0.170. The molecule has 0 aromatic carbocycles. The lowest BCUT2D eigenvalue weighted by Gasteiger charge is -2.37. The lowest BCUT2D eigenvalue weighted by Crippen LogP contribution is -2.46. The fourth-order valence-electron chi connectivity index (χ4n) is 1.79. The van der Waals surface area contributed by atoms with Crippen molar-refractivity contribution in [2.75, 3.05) is 0 Å². The molecule has 0 saturated carbocycles. The largest absolute Gasteiger partial charge is 0.426 e. The van der Waals surface area contributed by atoms with E-state index >= 15 is 0 Å². The van der Waals surface area contributed by atoms with Gasteiger partial charge in [-0.05, 0) is 77.7 Å². The molecular weight excluding hydrogens is 424 g/mol. The van der Waals surface area contributed by atoms with E-state index < -0.39 is 22.8 Å². The molecule has 0 rings (SSSR count). The average molecular weight is 475 g/mol. The van der Waals surface area contributed by atoms with Gasteiger partial charge in [0.15, 0.2) is 0 Å². The van der Waals surface area contributed by atoms with Crippen molar-refractivity contribution in [1.82, 2.24) is 0 Å². The van der Waals surface area contributed by atoms with E-state index in [9.17, 15) is 9.59 Å². The third-order valence-electron chi connectivity index (χ3n) is 4.23. The van der Waals surface area contributed by atoms with Crippen LogP contribution in [0.25, 0.3) is 0 Å². The van der Waals surface area contributed by atoms with E-state index in [2.05, 4.69) is 54.7 Å². The fourth-order valence-corrected chi connectivity index (χ4v) is 1.79. The van der Waals surface area contributed by atoms with Crippen molar-refractivity contribution in [3.05, 3.63) is 73.3 Å². The molecule has 0 atom stereocenters. The quantitative estimate of drug-likeness (QED) is 0.190. The average Bonchev–Trinajstić information content (AvgIpc) is 2.67. The van der Waals surface area contributed by atoms with Crippen molar-refractivity contribution in [3.8, 4) is 0 Å². The van der Waals surface area contributed by atoms with E-state index in [0.29, 0.717) is 11.5 Å². The van der Waals surface area contributed by atoms with Crippen LogP contribution in [-0.2, 0) is 19.1 Å². The topological polar surface area (TPSA) is 52.6 Å². The first-order valence-electron chi connectivity index (χ1n) is 11.9. The molecule has 0 N–H and O–H groups in total. The normalized spacial score (nSPS) is 12.6. The predicted molar refractivity (Wildman–Crippen MR) is 147 cm³/mol. The van der Waals surface area contributed by atoms with Crippen LogP contribution < -0.4 is 0 Å². The first-order valence-corrected chi connectivity index (χ1v) is 11.9. The van der Waals surface area contributed by atoms with Crippen LogP contribution in [0.2, 0.25) is 0 Å². The highest BCUT2D eigenvalue weighted by atomic mass is 16.5. The Morgan fingerprint density at radius 2 is 0.882 bits per heavy atom. The predicted octanol–water partition coefficient (Wildman–Crippen LogP) is 8.74. The second-order valence-corrected chi connectivity index (χ2v) is 10.1. The Bertz CT molecular complexity index is 672. The van der Waals surface area contributed by atoms with Crippen LogP contribution in [0.3, 0.4) is 0 Å².